The van der Waals surface area contributed by atoms with Crippen molar-refractivity contribution >= 4 is 23.5 Å². The van der Waals surface area contributed by atoms with Gasteiger partial charge in [-0.05, 0) is 12.8 Å². The third kappa shape index (κ3) is 7.51. The molecule has 0 aromatic rings. The van der Waals surface area contributed by atoms with Crippen LogP contribution in [0.4, 0.5) is 0 Å². The first-order valence-electron chi connectivity index (χ1n) is 5.55. The summed E-state index contributed by atoms with van der Waals surface area (Å²) in [6, 6.07) is 0. The topological polar surface area (TPSA) is 52.6 Å². The molecule has 0 saturated heterocycles. The second-order valence-electron chi connectivity index (χ2n) is 3.44. The molecule has 0 spiro atoms. The summed E-state index contributed by atoms with van der Waals surface area (Å²) in [5, 5.41) is 0. The third-order valence-electron chi connectivity index (χ3n) is 1.79. The molecule has 0 radical (unpaired) electrons. The summed E-state index contributed by atoms with van der Waals surface area (Å²) >= 11 is 5.60. The molecule has 0 amide bonds. The van der Waals surface area contributed by atoms with Crippen molar-refractivity contribution in [3.05, 3.63) is 0 Å². The van der Waals surface area contributed by atoms with Crippen molar-refractivity contribution < 1.29 is 19.1 Å². The molecule has 0 aliphatic heterocycles. The molecule has 0 aliphatic carbocycles. The van der Waals surface area contributed by atoms with Gasteiger partial charge in [0.1, 0.15) is 6.10 Å². The molecule has 1 atom stereocenters. The minimum Gasteiger partial charge on any atom is -0.466 e. The smallest absolute Gasteiger partial charge is 0.309 e. The maximum atomic E-state index is 11.2. The summed E-state index contributed by atoms with van der Waals surface area (Å²) in [6.07, 6.45) is 1.28. The minimum atomic E-state index is -0.579. The van der Waals surface area contributed by atoms with Crippen LogP contribution in [0.25, 0.3) is 0 Å². The molecule has 0 aromatic heterocycles. The van der Waals surface area contributed by atoms with Gasteiger partial charge in [-0.1, -0.05) is 13.8 Å². The van der Waals surface area contributed by atoms with Crippen LogP contribution in [0.2, 0.25) is 0 Å². The van der Waals surface area contributed by atoms with E-state index in [1.807, 2.05) is 13.8 Å². The van der Waals surface area contributed by atoms with E-state index in [1.165, 1.54) is 0 Å². The van der Waals surface area contributed by atoms with Crippen molar-refractivity contribution in [2.45, 2.75) is 45.6 Å². The Morgan fingerprint density at radius 3 is 2.38 bits per heavy atom. The summed E-state index contributed by atoms with van der Waals surface area (Å²) < 4.78 is 9.90. The molecule has 0 rings (SSSR count). The van der Waals surface area contributed by atoms with E-state index in [9.17, 15) is 9.59 Å². The molecule has 5 heteroatoms. The molecular weight excluding hydrogens is 232 g/mol. The second kappa shape index (κ2) is 9.46. The van der Waals surface area contributed by atoms with Gasteiger partial charge in [-0.25, -0.2) is 0 Å². The van der Waals surface area contributed by atoms with Crippen LogP contribution in [0.1, 0.15) is 39.5 Å². The predicted molar refractivity (Wildman–Crippen MR) is 61.4 cm³/mol. The highest BCUT2D eigenvalue weighted by Gasteiger charge is 2.17. The lowest BCUT2D eigenvalue weighted by molar-refractivity contribution is -0.154. The predicted octanol–water partition coefficient (Wildman–Crippen LogP) is 2.28. The van der Waals surface area contributed by atoms with E-state index in [1.54, 1.807) is 0 Å². The lowest BCUT2D eigenvalue weighted by Crippen LogP contribution is -2.24. The number of hydrogen-bond acceptors (Lipinski definition) is 4. The van der Waals surface area contributed by atoms with Gasteiger partial charge in [0.05, 0.1) is 18.9 Å². The Hall–Kier alpha value is -0.770. The Bertz CT molecular complexity index is 218. The molecule has 0 N–H and O–H groups in total. The molecule has 0 aromatic carbocycles. The van der Waals surface area contributed by atoms with Crippen LogP contribution in [0, 0.1) is 0 Å². The molecule has 16 heavy (non-hydrogen) atoms. The van der Waals surface area contributed by atoms with E-state index in [2.05, 4.69) is 0 Å². The van der Waals surface area contributed by atoms with Crippen molar-refractivity contribution in [1.82, 2.24) is 0 Å². The molecule has 0 fully saturated rings. The zero-order valence-corrected chi connectivity index (χ0v) is 10.6. The molecule has 0 bridgehead atoms. The quantitative estimate of drug-likeness (QED) is 0.490. The van der Waals surface area contributed by atoms with E-state index >= 15 is 0 Å². The highest BCUT2D eigenvalue weighted by Crippen LogP contribution is 2.06. The Labute approximate surface area is 101 Å². The van der Waals surface area contributed by atoms with Gasteiger partial charge in [-0.3, -0.25) is 9.59 Å². The highest BCUT2D eigenvalue weighted by molar-refractivity contribution is 6.18. The molecular formula is C11H19ClO4. The SMILES string of the molecule is CCCOC(=O)CC(CCl)OC(=O)CCC. The standard InChI is InChI=1S/C11H19ClO4/c1-3-5-10(13)16-9(8-12)7-11(14)15-6-4-2/h9H,3-8H2,1-2H3. The van der Waals surface area contributed by atoms with E-state index < -0.39 is 6.10 Å². The first-order chi connectivity index (χ1) is 7.63. The number of carbonyl (C=O) groups is 2. The van der Waals surface area contributed by atoms with Gasteiger partial charge < -0.3 is 9.47 Å². The van der Waals surface area contributed by atoms with Gasteiger partial charge in [-0.15, -0.1) is 11.6 Å². The second-order valence-corrected chi connectivity index (χ2v) is 3.75. The lowest BCUT2D eigenvalue weighted by atomic mass is 10.3. The summed E-state index contributed by atoms with van der Waals surface area (Å²) in [6.45, 7) is 4.18. The number of esters is 2. The Morgan fingerprint density at radius 2 is 1.88 bits per heavy atom. The van der Waals surface area contributed by atoms with Crippen molar-refractivity contribution in [1.29, 1.82) is 0 Å². The number of hydrogen-bond donors (Lipinski definition) is 0. The van der Waals surface area contributed by atoms with Crippen molar-refractivity contribution in [2.24, 2.45) is 0 Å². The first kappa shape index (κ1) is 15.2. The monoisotopic (exact) mass is 250 g/mol. The number of ether oxygens (including phenoxy) is 2. The van der Waals surface area contributed by atoms with Gasteiger partial charge >= 0.3 is 11.9 Å². The fourth-order valence-electron chi connectivity index (χ4n) is 1.04. The molecule has 0 heterocycles. The number of carbonyl (C=O) groups excluding carboxylic acids is 2. The Morgan fingerprint density at radius 1 is 1.19 bits per heavy atom. The first-order valence-corrected chi connectivity index (χ1v) is 6.08. The van der Waals surface area contributed by atoms with E-state index in [0.717, 1.165) is 6.42 Å². The largest absolute Gasteiger partial charge is 0.466 e. The van der Waals surface area contributed by atoms with E-state index in [4.69, 9.17) is 21.1 Å². The van der Waals surface area contributed by atoms with Crippen LogP contribution in [-0.4, -0.2) is 30.5 Å². The van der Waals surface area contributed by atoms with E-state index in [0.29, 0.717) is 19.4 Å². The molecule has 0 aliphatic rings. The van der Waals surface area contributed by atoms with Crippen LogP contribution < -0.4 is 0 Å². The number of alkyl halides is 1. The molecule has 0 saturated carbocycles. The maximum absolute atomic E-state index is 11.2. The van der Waals surface area contributed by atoms with Gasteiger partial charge in [0.15, 0.2) is 0 Å². The van der Waals surface area contributed by atoms with Gasteiger partial charge in [0, 0.05) is 6.42 Å². The Balaban J connectivity index is 3.90. The summed E-state index contributed by atoms with van der Waals surface area (Å²) in [7, 11) is 0. The molecule has 4 nitrogen and oxygen atoms in total. The average Bonchev–Trinajstić information content (AvgIpc) is 2.25. The fraction of sp³-hybridized carbons (Fsp3) is 0.818. The molecule has 94 valence electrons. The van der Waals surface area contributed by atoms with Crippen LogP contribution in [-0.2, 0) is 19.1 Å². The molecule has 1 unspecified atom stereocenters. The number of halogens is 1. The van der Waals surface area contributed by atoms with Gasteiger partial charge in [0.2, 0.25) is 0 Å². The van der Waals surface area contributed by atoms with Crippen molar-refractivity contribution in [3.8, 4) is 0 Å². The zero-order valence-electron chi connectivity index (χ0n) is 9.83. The Kier molecular flexibility index (Phi) is 9.00. The van der Waals surface area contributed by atoms with Crippen molar-refractivity contribution in [2.75, 3.05) is 12.5 Å². The van der Waals surface area contributed by atoms with Crippen LogP contribution in [0.3, 0.4) is 0 Å². The van der Waals surface area contributed by atoms with Crippen molar-refractivity contribution in [3.63, 3.8) is 0 Å². The van der Waals surface area contributed by atoms with Gasteiger partial charge in [0.25, 0.3) is 0 Å². The lowest BCUT2D eigenvalue weighted by Gasteiger charge is -2.14. The van der Waals surface area contributed by atoms with Crippen LogP contribution in [0.5, 0.6) is 0 Å². The highest BCUT2D eigenvalue weighted by atomic mass is 35.5. The fourth-order valence-corrected chi connectivity index (χ4v) is 1.21. The summed E-state index contributed by atoms with van der Waals surface area (Å²) in [4.78, 5) is 22.4. The normalized spacial score (nSPS) is 11.9. The maximum Gasteiger partial charge on any atom is 0.309 e. The van der Waals surface area contributed by atoms with E-state index in [-0.39, 0.29) is 24.2 Å². The van der Waals surface area contributed by atoms with Crippen LogP contribution in [0.15, 0.2) is 0 Å². The van der Waals surface area contributed by atoms with Gasteiger partial charge in [-0.2, -0.15) is 0 Å². The number of rotatable bonds is 8. The third-order valence-corrected chi connectivity index (χ3v) is 2.13. The minimum absolute atomic E-state index is 0.0267. The summed E-state index contributed by atoms with van der Waals surface area (Å²) in [5.41, 5.74) is 0. The van der Waals surface area contributed by atoms with Crippen LogP contribution >= 0.6 is 11.6 Å². The average molecular weight is 251 g/mol. The summed E-state index contributed by atoms with van der Waals surface area (Å²) in [5.74, 6) is -0.593. The zero-order chi connectivity index (χ0) is 12.4.